The molecule has 2 heterocycles. The van der Waals surface area contributed by atoms with Gasteiger partial charge in [0.2, 0.25) is 0 Å². The predicted molar refractivity (Wildman–Crippen MR) is 87.8 cm³/mol. The molecule has 2 fully saturated rings. The number of rotatable bonds is 2. The molecule has 1 saturated heterocycles. The van der Waals surface area contributed by atoms with Gasteiger partial charge in [-0.25, -0.2) is 0 Å². The van der Waals surface area contributed by atoms with Crippen molar-refractivity contribution in [2.75, 3.05) is 0 Å². The zero-order chi connectivity index (χ0) is 15.7. The number of carbonyl (C=O) groups is 2. The fourth-order valence-electron chi connectivity index (χ4n) is 3.11. The van der Waals surface area contributed by atoms with E-state index < -0.39 is 5.91 Å². The van der Waals surface area contributed by atoms with Gasteiger partial charge in [-0.2, -0.15) is 0 Å². The van der Waals surface area contributed by atoms with E-state index in [0.717, 1.165) is 31.4 Å². The van der Waals surface area contributed by atoms with Gasteiger partial charge in [-0.15, -0.1) is 0 Å². The van der Waals surface area contributed by atoms with E-state index in [2.05, 4.69) is 5.32 Å². The van der Waals surface area contributed by atoms with Crippen molar-refractivity contribution < 1.29 is 9.59 Å². The Labute approximate surface area is 135 Å². The topological polar surface area (TPSA) is 54.3 Å². The van der Waals surface area contributed by atoms with Crippen molar-refractivity contribution in [3.63, 3.8) is 0 Å². The molecule has 0 spiro atoms. The smallest absolute Gasteiger partial charge is 0.265 e. The third-order valence-corrected chi connectivity index (χ3v) is 4.65. The highest BCUT2D eigenvalue weighted by molar-refractivity contribution is 7.80. The lowest BCUT2D eigenvalue weighted by Gasteiger charge is -2.37. The lowest BCUT2D eigenvalue weighted by molar-refractivity contribution is -0.130. The lowest BCUT2D eigenvalue weighted by atomic mass is 9.93. The maximum atomic E-state index is 12.8. The van der Waals surface area contributed by atoms with Crippen LogP contribution in [0.15, 0.2) is 23.9 Å². The molecule has 1 aromatic rings. The van der Waals surface area contributed by atoms with Gasteiger partial charge in [-0.1, -0.05) is 19.3 Å². The van der Waals surface area contributed by atoms with E-state index in [1.807, 2.05) is 29.9 Å². The summed E-state index contributed by atoms with van der Waals surface area (Å²) in [5, 5.41) is 2.90. The summed E-state index contributed by atoms with van der Waals surface area (Å²) in [4.78, 5) is 26.5. The van der Waals surface area contributed by atoms with E-state index in [1.54, 1.807) is 11.0 Å². The molecule has 1 saturated carbocycles. The third kappa shape index (κ3) is 2.70. The Morgan fingerprint density at radius 2 is 2.00 bits per heavy atom. The molecule has 22 heavy (non-hydrogen) atoms. The largest absolute Gasteiger partial charge is 0.351 e. The minimum atomic E-state index is -0.414. The van der Waals surface area contributed by atoms with Gasteiger partial charge in [0, 0.05) is 25.0 Å². The van der Waals surface area contributed by atoms with Gasteiger partial charge in [-0.3, -0.25) is 19.8 Å². The Kier molecular flexibility index (Phi) is 4.11. The molecule has 0 unspecified atom stereocenters. The second kappa shape index (κ2) is 6.04. The van der Waals surface area contributed by atoms with E-state index in [-0.39, 0.29) is 22.6 Å². The van der Waals surface area contributed by atoms with Crippen LogP contribution in [-0.4, -0.2) is 32.4 Å². The van der Waals surface area contributed by atoms with Crippen LogP contribution in [0, 0.1) is 0 Å². The standard InChI is InChI=1S/C16H19N3O2S/c1-18-9-5-8-12(18)10-13-14(20)17-16(22)19(15(13)21)11-6-3-2-4-7-11/h5,8-11H,2-4,6-7H2,1H3,(H,17,20,22). The second-order valence-electron chi connectivity index (χ2n) is 5.83. The van der Waals surface area contributed by atoms with Crippen molar-refractivity contribution in [3.8, 4) is 0 Å². The number of nitrogens with zero attached hydrogens (tertiary/aromatic N) is 2. The van der Waals surface area contributed by atoms with Crippen molar-refractivity contribution in [3.05, 3.63) is 29.6 Å². The van der Waals surface area contributed by atoms with Crippen LogP contribution in [0.3, 0.4) is 0 Å². The molecule has 0 radical (unpaired) electrons. The van der Waals surface area contributed by atoms with Gasteiger partial charge in [-0.05, 0) is 43.3 Å². The first-order valence-electron chi connectivity index (χ1n) is 7.60. The summed E-state index contributed by atoms with van der Waals surface area (Å²) < 4.78 is 1.87. The van der Waals surface area contributed by atoms with Crippen molar-refractivity contribution in [1.82, 2.24) is 14.8 Å². The van der Waals surface area contributed by atoms with Gasteiger partial charge < -0.3 is 4.57 Å². The van der Waals surface area contributed by atoms with Crippen LogP contribution < -0.4 is 5.32 Å². The summed E-state index contributed by atoms with van der Waals surface area (Å²) in [6, 6.07) is 3.85. The molecular formula is C16H19N3O2S. The van der Waals surface area contributed by atoms with E-state index >= 15 is 0 Å². The molecule has 6 heteroatoms. The Bertz CT molecular complexity index is 656. The van der Waals surface area contributed by atoms with Crippen LogP contribution in [0.25, 0.3) is 6.08 Å². The van der Waals surface area contributed by atoms with Crippen molar-refractivity contribution in [1.29, 1.82) is 0 Å². The van der Waals surface area contributed by atoms with Crippen LogP contribution in [0.1, 0.15) is 37.8 Å². The number of aryl methyl sites for hydroxylation is 1. The van der Waals surface area contributed by atoms with Crippen LogP contribution in [0.4, 0.5) is 0 Å². The number of carbonyl (C=O) groups excluding carboxylic acids is 2. The van der Waals surface area contributed by atoms with Crippen LogP contribution in [0.5, 0.6) is 0 Å². The minimum Gasteiger partial charge on any atom is -0.351 e. The molecule has 5 nitrogen and oxygen atoms in total. The first-order chi connectivity index (χ1) is 10.6. The van der Waals surface area contributed by atoms with Gasteiger partial charge in [0.15, 0.2) is 5.11 Å². The second-order valence-corrected chi connectivity index (χ2v) is 6.21. The summed E-state index contributed by atoms with van der Waals surface area (Å²) in [6.45, 7) is 0. The highest BCUT2D eigenvalue weighted by Crippen LogP contribution is 2.26. The fourth-order valence-corrected chi connectivity index (χ4v) is 3.44. The Morgan fingerprint density at radius 3 is 2.64 bits per heavy atom. The quantitative estimate of drug-likeness (QED) is 0.515. The number of hydrogen-bond acceptors (Lipinski definition) is 3. The number of amides is 2. The number of aromatic nitrogens is 1. The zero-order valence-corrected chi connectivity index (χ0v) is 13.4. The lowest BCUT2D eigenvalue weighted by Crippen LogP contribution is -2.57. The van der Waals surface area contributed by atoms with Gasteiger partial charge in [0.25, 0.3) is 11.8 Å². The Morgan fingerprint density at radius 1 is 1.27 bits per heavy atom. The third-order valence-electron chi connectivity index (χ3n) is 4.35. The summed E-state index contributed by atoms with van der Waals surface area (Å²) in [5.74, 6) is -0.690. The first-order valence-corrected chi connectivity index (χ1v) is 8.00. The molecule has 0 bridgehead atoms. The van der Waals surface area contributed by atoms with Crippen LogP contribution in [-0.2, 0) is 16.6 Å². The Balaban J connectivity index is 1.92. The molecule has 116 valence electrons. The molecule has 1 N–H and O–H groups in total. The number of thiocarbonyl (C=S) groups is 1. The maximum absolute atomic E-state index is 12.8. The van der Waals surface area contributed by atoms with E-state index in [9.17, 15) is 9.59 Å². The van der Waals surface area contributed by atoms with Crippen LogP contribution >= 0.6 is 12.2 Å². The molecule has 2 amide bonds. The molecule has 2 aliphatic rings. The van der Waals surface area contributed by atoms with Gasteiger partial charge in [0.1, 0.15) is 5.57 Å². The summed E-state index contributed by atoms with van der Waals surface area (Å²) in [6.07, 6.45) is 8.79. The zero-order valence-electron chi connectivity index (χ0n) is 12.5. The van der Waals surface area contributed by atoms with Crippen LogP contribution in [0.2, 0.25) is 0 Å². The number of nitrogens with one attached hydrogen (secondary N) is 1. The Hall–Kier alpha value is -1.95. The molecule has 1 aliphatic heterocycles. The predicted octanol–water partition coefficient (Wildman–Crippen LogP) is 1.98. The molecular weight excluding hydrogens is 298 g/mol. The molecule has 1 aromatic heterocycles. The van der Waals surface area contributed by atoms with Gasteiger partial charge >= 0.3 is 0 Å². The summed E-state index contributed by atoms with van der Waals surface area (Å²) >= 11 is 5.23. The summed E-state index contributed by atoms with van der Waals surface area (Å²) in [7, 11) is 1.88. The fraction of sp³-hybridized carbons (Fsp3) is 0.438. The minimum absolute atomic E-state index is 0.103. The first kappa shape index (κ1) is 15.0. The highest BCUT2D eigenvalue weighted by atomic mass is 32.1. The SMILES string of the molecule is Cn1cccc1C=C1C(=O)NC(=S)N(C2CCCCC2)C1=O. The van der Waals surface area contributed by atoms with Gasteiger partial charge in [0.05, 0.1) is 0 Å². The average Bonchev–Trinajstić information content (AvgIpc) is 2.89. The maximum Gasteiger partial charge on any atom is 0.265 e. The van der Waals surface area contributed by atoms with Crippen molar-refractivity contribution in [2.45, 2.75) is 38.1 Å². The van der Waals surface area contributed by atoms with E-state index in [4.69, 9.17) is 12.2 Å². The molecule has 3 rings (SSSR count). The average molecular weight is 317 g/mol. The highest BCUT2D eigenvalue weighted by Gasteiger charge is 2.38. The molecule has 1 aliphatic carbocycles. The summed E-state index contributed by atoms with van der Waals surface area (Å²) in [5.41, 5.74) is 0.968. The van der Waals surface area contributed by atoms with E-state index in [0.29, 0.717) is 0 Å². The van der Waals surface area contributed by atoms with Crippen molar-refractivity contribution >= 4 is 35.2 Å². The monoisotopic (exact) mass is 317 g/mol. The van der Waals surface area contributed by atoms with Crippen molar-refractivity contribution in [2.24, 2.45) is 7.05 Å². The number of hydrogen-bond donors (Lipinski definition) is 1. The van der Waals surface area contributed by atoms with E-state index in [1.165, 1.54) is 6.42 Å². The normalized spacial score (nSPS) is 22.3. The molecule has 0 atom stereocenters. The molecule has 0 aromatic carbocycles.